The van der Waals surface area contributed by atoms with Gasteiger partial charge < -0.3 is 16.0 Å². The van der Waals surface area contributed by atoms with Crippen molar-refractivity contribution in [2.45, 2.75) is 46.0 Å². The van der Waals surface area contributed by atoms with Crippen molar-refractivity contribution < 1.29 is 18.0 Å². The van der Waals surface area contributed by atoms with Crippen LogP contribution in [-0.2, 0) is 30.5 Å². The van der Waals surface area contributed by atoms with E-state index in [1.807, 2.05) is 13.8 Å². The fraction of sp³-hybridized carbons (Fsp3) is 0.333. The molecule has 0 fully saturated rings. The summed E-state index contributed by atoms with van der Waals surface area (Å²) in [6.07, 6.45) is 3.30. The predicted octanol–water partition coefficient (Wildman–Crippen LogP) is 5.17. The second kappa shape index (κ2) is 11.4. The number of benzene rings is 1. The minimum Gasteiger partial charge on any atom is -0.399 e. The number of anilines is 2. The van der Waals surface area contributed by atoms with Crippen molar-refractivity contribution in [3.8, 4) is 0 Å². The average molecular weight is 507 g/mol. The Morgan fingerprint density at radius 2 is 2.09 bits per heavy atom. The molecule has 1 aromatic heterocycles. The number of aliphatic imine (C=N–C) groups is 1. The topological polar surface area (TPSA) is 96.5 Å². The van der Waals surface area contributed by atoms with Crippen molar-refractivity contribution in [1.82, 2.24) is 14.9 Å². The molecule has 3 rings (SSSR count). The lowest BCUT2D eigenvalue weighted by molar-refractivity contribution is -0.137. The van der Waals surface area contributed by atoms with E-state index in [1.165, 1.54) is 12.3 Å². The smallest absolute Gasteiger partial charge is 0.399 e. The Kier molecular flexibility index (Phi) is 8.50. The molecule has 0 atom stereocenters. The number of rotatable bonds is 7. The van der Waals surface area contributed by atoms with E-state index in [-0.39, 0.29) is 30.0 Å². The van der Waals surface area contributed by atoms with Crippen LogP contribution >= 0.6 is 11.6 Å². The first-order chi connectivity index (χ1) is 16.6. The van der Waals surface area contributed by atoms with Crippen molar-refractivity contribution in [2.75, 3.05) is 17.6 Å². The summed E-state index contributed by atoms with van der Waals surface area (Å²) in [7, 11) is 0. The second-order valence-corrected chi connectivity index (χ2v) is 8.22. The molecule has 1 aromatic carbocycles. The largest absolute Gasteiger partial charge is 0.416 e. The van der Waals surface area contributed by atoms with Crippen LogP contribution in [0.1, 0.15) is 42.7 Å². The molecule has 7 nitrogen and oxygen atoms in total. The quantitative estimate of drug-likeness (QED) is 0.234. The van der Waals surface area contributed by atoms with Gasteiger partial charge in [0.1, 0.15) is 5.82 Å². The van der Waals surface area contributed by atoms with Gasteiger partial charge in [0.15, 0.2) is 0 Å². The molecule has 1 aliphatic heterocycles. The number of fused-ring (bicyclic) bond motifs is 1. The van der Waals surface area contributed by atoms with Gasteiger partial charge in [-0.1, -0.05) is 19.1 Å². The number of nitrogens with zero attached hydrogens (tertiary/aromatic N) is 4. The molecule has 2 heterocycles. The van der Waals surface area contributed by atoms with E-state index < -0.39 is 11.7 Å². The van der Waals surface area contributed by atoms with Gasteiger partial charge in [0.2, 0.25) is 5.28 Å². The third-order valence-electron chi connectivity index (χ3n) is 5.24. The number of carbonyl (C=O) groups is 1. The normalized spacial score (nSPS) is 14.6. The van der Waals surface area contributed by atoms with E-state index in [0.29, 0.717) is 47.6 Å². The van der Waals surface area contributed by atoms with E-state index in [9.17, 15) is 18.0 Å². The number of carbonyl (C=O) groups excluding carboxylic acids is 1. The van der Waals surface area contributed by atoms with Gasteiger partial charge in [0, 0.05) is 43.2 Å². The van der Waals surface area contributed by atoms with Gasteiger partial charge in [-0.05, 0) is 48.7 Å². The van der Waals surface area contributed by atoms with Crippen molar-refractivity contribution in [1.29, 1.82) is 0 Å². The molecule has 11 heteroatoms. The first kappa shape index (κ1) is 26.2. The molecule has 0 saturated heterocycles. The Morgan fingerprint density at radius 3 is 2.77 bits per heavy atom. The third-order valence-corrected chi connectivity index (χ3v) is 5.41. The van der Waals surface area contributed by atoms with Gasteiger partial charge in [-0.15, -0.1) is 0 Å². The standard InChI is InChI=1S/C24H26ClF3N6O/c1-3-5-16(13-30-7-4-2)22(35)34-8-6-20-19(14-34)21(33-23(25)32-20)31-12-15-9-17(24(26,27)28)11-18(29)10-15/h4-5,7,9-11,13H,3,6,8,12,14,29H2,1-2H3,(H,31,32,33)/b7-4-,16-5+,30-13-. The minimum atomic E-state index is -4.51. The molecule has 0 unspecified atom stereocenters. The van der Waals surface area contributed by atoms with E-state index >= 15 is 0 Å². The summed E-state index contributed by atoms with van der Waals surface area (Å²) >= 11 is 6.09. The molecule has 186 valence electrons. The SMILES string of the molecule is C\C=C/N=C\C(=C/CC)C(=O)N1CCc2nc(Cl)nc(NCc3cc(N)cc(C(F)(F)F)c3)c2C1. The zero-order valence-electron chi connectivity index (χ0n) is 19.4. The molecule has 3 N–H and O–H groups in total. The summed E-state index contributed by atoms with van der Waals surface area (Å²) in [5, 5.41) is 3.06. The van der Waals surface area contributed by atoms with Crippen LogP contribution < -0.4 is 11.1 Å². The number of hydrogen-bond acceptors (Lipinski definition) is 6. The monoisotopic (exact) mass is 506 g/mol. The van der Waals surface area contributed by atoms with Gasteiger partial charge in [-0.25, -0.2) is 9.97 Å². The number of allylic oxidation sites excluding steroid dienone is 2. The molecule has 35 heavy (non-hydrogen) atoms. The highest BCUT2D eigenvalue weighted by atomic mass is 35.5. The fourth-order valence-electron chi connectivity index (χ4n) is 3.68. The lowest BCUT2D eigenvalue weighted by Gasteiger charge is -2.30. The van der Waals surface area contributed by atoms with Crippen LogP contribution in [-0.4, -0.2) is 33.5 Å². The molecule has 0 radical (unpaired) electrons. The van der Waals surface area contributed by atoms with Crippen molar-refractivity contribution in [3.63, 3.8) is 0 Å². The Hall–Kier alpha value is -3.40. The van der Waals surface area contributed by atoms with Gasteiger partial charge in [-0.2, -0.15) is 13.2 Å². The number of nitrogen functional groups attached to an aromatic ring is 1. The summed E-state index contributed by atoms with van der Waals surface area (Å²) in [6.45, 7) is 4.44. The third kappa shape index (κ3) is 6.82. The van der Waals surface area contributed by atoms with Gasteiger partial charge >= 0.3 is 6.18 Å². The van der Waals surface area contributed by atoms with Gasteiger partial charge in [0.05, 0.1) is 23.4 Å². The van der Waals surface area contributed by atoms with Crippen molar-refractivity contribution in [2.24, 2.45) is 4.99 Å². The highest BCUT2D eigenvalue weighted by Gasteiger charge is 2.31. The summed E-state index contributed by atoms with van der Waals surface area (Å²) < 4.78 is 39.5. The summed E-state index contributed by atoms with van der Waals surface area (Å²) in [4.78, 5) is 27.5. The minimum absolute atomic E-state index is 0.00553. The van der Waals surface area contributed by atoms with Crippen LogP contribution in [0.3, 0.4) is 0 Å². The van der Waals surface area contributed by atoms with Gasteiger partial charge in [-0.3, -0.25) is 9.79 Å². The molecule has 1 amide bonds. The zero-order chi connectivity index (χ0) is 25.6. The highest BCUT2D eigenvalue weighted by Crippen LogP contribution is 2.32. The zero-order valence-corrected chi connectivity index (χ0v) is 20.1. The molecular weight excluding hydrogens is 481 g/mol. The van der Waals surface area contributed by atoms with E-state index in [2.05, 4.69) is 20.3 Å². The van der Waals surface area contributed by atoms with Crippen LogP contribution in [0.25, 0.3) is 0 Å². The van der Waals surface area contributed by atoms with Crippen LogP contribution in [0.5, 0.6) is 0 Å². The van der Waals surface area contributed by atoms with E-state index in [4.69, 9.17) is 17.3 Å². The molecule has 0 spiro atoms. The number of hydrogen-bond donors (Lipinski definition) is 2. The molecule has 1 aliphatic rings. The Balaban J connectivity index is 1.84. The first-order valence-electron chi connectivity index (χ1n) is 11.0. The molecular formula is C24H26ClF3N6O. The number of halogens is 4. The number of alkyl halides is 3. The predicted molar refractivity (Wildman–Crippen MR) is 131 cm³/mol. The summed E-state index contributed by atoms with van der Waals surface area (Å²) in [5.74, 6) is 0.175. The number of aromatic nitrogens is 2. The van der Waals surface area contributed by atoms with Crippen molar-refractivity contribution in [3.05, 3.63) is 69.8 Å². The fourth-order valence-corrected chi connectivity index (χ4v) is 3.87. The van der Waals surface area contributed by atoms with Crippen molar-refractivity contribution >= 4 is 35.2 Å². The maximum atomic E-state index is 13.2. The molecule has 2 aromatic rings. The van der Waals surface area contributed by atoms with Crippen LogP contribution in [0.2, 0.25) is 5.28 Å². The lowest BCUT2D eigenvalue weighted by Crippen LogP contribution is -2.38. The van der Waals surface area contributed by atoms with Crippen LogP contribution in [0.15, 0.2) is 47.1 Å². The first-order valence-corrected chi connectivity index (χ1v) is 11.4. The Bertz CT molecular complexity index is 1180. The molecule has 0 bridgehead atoms. The van der Waals surface area contributed by atoms with Crippen LogP contribution in [0.4, 0.5) is 24.7 Å². The lowest BCUT2D eigenvalue weighted by atomic mass is 10.0. The van der Waals surface area contributed by atoms with E-state index in [1.54, 1.807) is 23.3 Å². The second-order valence-electron chi connectivity index (χ2n) is 7.89. The molecule has 0 aliphatic carbocycles. The maximum absolute atomic E-state index is 13.2. The molecule has 0 saturated carbocycles. The van der Waals surface area contributed by atoms with E-state index in [0.717, 1.165) is 12.1 Å². The Morgan fingerprint density at radius 1 is 1.31 bits per heavy atom. The van der Waals surface area contributed by atoms with Gasteiger partial charge in [0.25, 0.3) is 5.91 Å². The number of nitrogens with one attached hydrogen (secondary N) is 1. The van der Waals surface area contributed by atoms with Crippen LogP contribution in [0, 0.1) is 0 Å². The highest BCUT2D eigenvalue weighted by molar-refractivity contribution is 6.28. The summed E-state index contributed by atoms with van der Waals surface area (Å²) in [5.41, 5.74) is 6.99. The maximum Gasteiger partial charge on any atom is 0.416 e. The average Bonchev–Trinajstić information content (AvgIpc) is 2.80. The Labute approximate surface area is 206 Å². The number of amides is 1. The summed E-state index contributed by atoms with van der Waals surface area (Å²) in [6, 6.07) is 3.37. The number of nitrogens with two attached hydrogens (primary N) is 1.